The van der Waals surface area contributed by atoms with E-state index in [1.165, 1.54) is 10.7 Å². The highest BCUT2D eigenvalue weighted by Crippen LogP contribution is 2.32. The average molecular weight is 436 g/mol. The molecule has 0 amide bonds. The molecule has 1 aromatic heterocycles. The maximum atomic E-state index is 12.5. The molecule has 0 aliphatic carbocycles. The summed E-state index contributed by atoms with van der Waals surface area (Å²) in [5.41, 5.74) is 1.64. The number of Topliss-reactive ketones (excluding diaryl/α,β-unsaturated/α-hetero) is 1. The maximum Gasteiger partial charge on any atom is 0.342 e. The number of aromatic nitrogens is 2. The number of carbonyl (C=O) groups excluding carboxylic acids is 1. The molecule has 0 unspecified atom stereocenters. The van der Waals surface area contributed by atoms with Crippen molar-refractivity contribution in [3.63, 3.8) is 0 Å². The van der Waals surface area contributed by atoms with Crippen LogP contribution in [0, 0.1) is 17.0 Å². The predicted octanol–water partition coefficient (Wildman–Crippen LogP) is 3.40. The van der Waals surface area contributed by atoms with Gasteiger partial charge in [0.2, 0.25) is 0 Å². The first-order valence-corrected chi connectivity index (χ1v) is 9.49. The van der Waals surface area contributed by atoms with E-state index in [0.29, 0.717) is 11.4 Å². The molecule has 0 radical (unpaired) electrons. The number of hydrogen-bond acceptors (Lipinski definition) is 7. The van der Waals surface area contributed by atoms with Crippen molar-refractivity contribution >= 4 is 23.2 Å². The Hall–Kier alpha value is -4.34. The van der Waals surface area contributed by atoms with Crippen LogP contribution in [0.1, 0.15) is 38.9 Å². The summed E-state index contributed by atoms with van der Waals surface area (Å²) in [6.45, 7) is 3.19. The molecule has 0 aliphatic heterocycles. The second-order valence-electron chi connectivity index (χ2n) is 7.15. The van der Waals surface area contributed by atoms with Crippen molar-refractivity contribution in [3.05, 3.63) is 75.0 Å². The lowest BCUT2D eigenvalue weighted by molar-refractivity contribution is -0.385. The summed E-state index contributed by atoms with van der Waals surface area (Å²) in [5.74, 6) is -2.08. The standard InChI is InChI=1S/C22H20N4O6/c1-12-4-6-14(7-5-12)20-21(28)19(24-25(20)3)13(2)23-11-18(27)15-8-9-16(22(29)30)17(10-15)26(31)32/h4-10,28H,11H2,1-3H3,(H,29,30). The fourth-order valence-electron chi connectivity index (χ4n) is 3.19. The third-order valence-electron chi connectivity index (χ3n) is 4.90. The minimum atomic E-state index is -1.46. The molecule has 2 aromatic carbocycles. The van der Waals surface area contributed by atoms with Crippen LogP contribution in [0.4, 0.5) is 5.69 Å². The fraction of sp³-hybridized carbons (Fsp3) is 0.182. The van der Waals surface area contributed by atoms with Crippen LogP contribution >= 0.6 is 0 Å². The number of carbonyl (C=O) groups is 2. The van der Waals surface area contributed by atoms with Crippen LogP contribution in [0.15, 0.2) is 47.5 Å². The number of aromatic hydroxyl groups is 1. The third kappa shape index (κ3) is 4.38. The van der Waals surface area contributed by atoms with Crippen LogP contribution in [0.25, 0.3) is 11.3 Å². The Morgan fingerprint density at radius 3 is 2.44 bits per heavy atom. The minimum absolute atomic E-state index is 0.0381. The number of aryl methyl sites for hydroxylation is 2. The van der Waals surface area contributed by atoms with E-state index in [4.69, 9.17) is 5.11 Å². The van der Waals surface area contributed by atoms with Gasteiger partial charge in [0.1, 0.15) is 23.5 Å². The van der Waals surface area contributed by atoms with Gasteiger partial charge in [0.25, 0.3) is 5.69 Å². The molecule has 164 valence electrons. The molecule has 0 fully saturated rings. The number of hydrogen-bond donors (Lipinski definition) is 2. The van der Waals surface area contributed by atoms with Crippen LogP contribution in [-0.2, 0) is 7.05 Å². The summed E-state index contributed by atoms with van der Waals surface area (Å²) in [6, 6.07) is 10.7. The molecule has 2 N–H and O–H groups in total. The van der Waals surface area contributed by atoms with Gasteiger partial charge in [-0.2, -0.15) is 5.10 Å². The first-order chi connectivity index (χ1) is 15.1. The van der Waals surface area contributed by atoms with Crippen LogP contribution in [0.2, 0.25) is 0 Å². The highest BCUT2D eigenvalue weighted by molar-refractivity contribution is 6.05. The number of aliphatic imine (C=N–C) groups is 1. The van der Waals surface area contributed by atoms with Gasteiger partial charge in [-0.3, -0.25) is 24.6 Å². The Balaban J connectivity index is 1.86. The van der Waals surface area contributed by atoms with E-state index < -0.39 is 27.9 Å². The highest BCUT2D eigenvalue weighted by atomic mass is 16.6. The Bertz CT molecular complexity index is 1260. The molecule has 3 rings (SSSR count). The summed E-state index contributed by atoms with van der Waals surface area (Å²) in [7, 11) is 1.68. The van der Waals surface area contributed by atoms with Gasteiger partial charge in [0.05, 0.1) is 10.6 Å². The molecule has 0 saturated heterocycles. The van der Waals surface area contributed by atoms with Crippen molar-refractivity contribution in [2.45, 2.75) is 13.8 Å². The molecule has 0 atom stereocenters. The van der Waals surface area contributed by atoms with Crippen LogP contribution in [0.5, 0.6) is 5.75 Å². The summed E-state index contributed by atoms with van der Waals surface area (Å²) in [6.07, 6.45) is 0. The Labute approximate surface area is 182 Å². The van der Waals surface area contributed by atoms with Gasteiger partial charge in [0, 0.05) is 24.2 Å². The molecule has 0 spiro atoms. The molecule has 0 aliphatic rings. The predicted molar refractivity (Wildman–Crippen MR) is 117 cm³/mol. The summed E-state index contributed by atoms with van der Waals surface area (Å²) in [5, 5.41) is 35.2. The molecule has 10 heteroatoms. The van der Waals surface area contributed by atoms with Gasteiger partial charge in [-0.1, -0.05) is 29.8 Å². The van der Waals surface area contributed by atoms with Gasteiger partial charge in [-0.15, -0.1) is 0 Å². The second-order valence-corrected chi connectivity index (χ2v) is 7.15. The van der Waals surface area contributed by atoms with Gasteiger partial charge in [-0.25, -0.2) is 4.79 Å². The largest absolute Gasteiger partial charge is 0.504 e. The van der Waals surface area contributed by atoms with E-state index in [-0.39, 0.29) is 23.6 Å². The van der Waals surface area contributed by atoms with E-state index >= 15 is 0 Å². The maximum absolute atomic E-state index is 12.5. The molecule has 0 bridgehead atoms. The first kappa shape index (κ1) is 22.3. The third-order valence-corrected chi connectivity index (χ3v) is 4.90. The number of nitro groups is 1. The van der Waals surface area contributed by atoms with E-state index in [1.807, 2.05) is 31.2 Å². The topological polar surface area (TPSA) is 148 Å². The van der Waals surface area contributed by atoms with E-state index in [1.54, 1.807) is 14.0 Å². The van der Waals surface area contributed by atoms with Gasteiger partial charge in [-0.05, 0) is 26.0 Å². The summed E-state index contributed by atoms with van der Waals surface area (Å²) >= 11 is 0. The van der Waals surface area contributed by atoms with Gasteiger partial charge in [0.15, 0.2) is 11.5 Å². The molecule has 3 aromatic rings. The molecule has 1 heterocycles. The zero-order valence-corrected chi connectivity index (χ0v) is 17.6. The van der Waals surface area contributed by atoms with Gasteiger partial charge < -0.3 is 10.2 Å². The second kappa shape index (κ2) is 8.80. The summed E-state index contributed by atoms with van der Waals surface area (Å²) < 4.78 is 1.52. The molecule has 10 nitrogen and oxygen atoms in total. The zero-order valence-electron chi connectivity index (χ0n) is 17.6. The zero-order chi connectivity index (χ0) is 23.6. The van der Waals surface area contributed by atoms with E-state index in [0.717, 1.165) is 23.3 Å². The Morgan fingerprint density at radius 1 is 1.19 bits per heavy atom. The smallest absolute Gasteiger partial charge is 0.342 e. The van der Waals surface area contributed by atoms with E-state index in [2.05, 4.69) is 10.1 Å². The first-order valence-electron chi connectivity index (χ1n) is 9.49. The quantitative estimate of drug-likeness (QED) is 0.249. The fourth-order valence-corrected chi connectivity index (χ4v) is 3.19. The number of carboxylic acid groups (broad SMARTS) is 1. The number of benzene rings is 2. The minimum Gasteiger partial charge on any atom is -0.504 e. The van der Waals surface area contributed by atoms with Crippen molar-refractivity contribution < 1.29 is 24.7 Å². The Morgan fingerprint density at radius 2 is 1.84 bits per heavy atom. The number of aromatic carboxylic acids is 1. The average Bonchev–Trinajstić information content (AvgIpc) is 3.05. The van der Waals surface area contributed by atoms with Crippen molar-refractivity contribution in [2.24, 2.45) is 12.0 Å². The van der Waals surface area contributed by atoms with Crippen molar-refractivity contribution in [2.75, 3.05) is 6.54 Å². The molecule has 0 saturated carbocycles. The van der Waals surface area contributed by atoms with Crippen LogP contribution < -0.4 is 0 Å². The lowest BCUT2D eigenvalue weighted by atomic mass is 10.1. The van der Waals surface area contributed by atoms with Crippen LogP contribution in [0.3, 0.4) is 0 Å². The van der Waals surface area contributed by atoms with Crippen molar-refractivity contribution in [1.29, 1.82) is 0 Å². The molecular weight excluding hydrogens is 416 g/mol. The number of rotatable bonds is 7. The monoisotopic (exact) mass is 436 g/mol. The van der Waals surface area contributed by atoms with Crippen molar-refractivity contribution in [3.8, 4) is 17.0 Å². The molecule has 32 heavy (non-hydrogen) atoms. The SMILES string of the molecule is CC(=NCC(=O)c1ccc(C(=O)O)c([N+](=O)[O-])c1)c1nn(C)c(-c2ccc(C)cc2)c1O. The summed E-state index contributed by atoms with van der Waals surface area (Å²) in [4.78, 5) is 38.0. The van der Waals surface area contributed by atoms with Gasteiger partial charge >= 0.3 is 5.97 Å². The number of ketones is 1. The lowest BCUT2D eigenvalue weighted by Crippen LogP contribution is -2.09. The van der Waals surface area contributed by atoms with E-state index in [9.17, 15) is 24.8 Å². The van der Waals surface area contributed by atoms with Crippen LogP contribution in [-0.4, -0.2) is 48.9 Å². The lowest BCUT2D eigenvalue weighted by Gasteiger charge is -2.03. The molecular formula is C22H20N4O6. The highest BCUT2D eigenvalue weighted by Gasteiger charge is 2.22. The number of carboxylic acids is 1. The van der Waals surface area contributed by atoms with Crippen molar-refractivity contribution in [1.82, 2.24) is 9.78 Å². The number of nitro benzene ring substituents is 1. The normalized spacial score (nSPS) is 11.4. The Kier molecular flexibility index (Phi) is 6.15. The number of nitrogens with zero attached hydrogens (tertiary/aromatic N) is 4.